The fraction of sp³-hybridized carbons (Fsp3) is 0.591. The van der Waals surface area contributed by atoms with Gasteiger partial charge in [0.25, 0.3) is 0 Å². The lowest BCUT2D eigenvalue weighted by Crippen LogP contribution is -2.54. The lowest BCUT2D eigenvalue weighted by Gasteiger charge is -2.41. The molecular weight excluding hydrogens is 400 g/mol. The van der Waals surface area contributed by atoms with Crippen LogP contribution in [0.4, 0.5) is 16.2 Å². The van der Waals surface area contributed by atoms with Crippen LogP contribution < -0.4 is 19.9 Å². The standard InChI is InChI=1S/C22H30N4O5/c1-22(2,3)31-20(28)14-24-9-10-25-16(13-24)7-11-30-18-12-15(4-5-17(18)25)26-8-6-19(27)23-21(26)29/h4-5,12,16H,6-11,13-14H2,1-3H3,(H,23,27,29). The molecule has 4 rings (SSSR count). The van der Waals surface area contributed by atoms with Crippen LogP contribution in [-0.2, 0) is 14.3 Å². The first-order valence-electron chi connectivity index (χ1n) is 10.8. The third-order valence-corrected chi connectivity index (χ3v) is 5.67. The number of benzene rings is 1. The Kier molecular flexibility index (Phi) is 5.79. The maximum Gasteiger partial charge on any atom is 0.328 e. The molecule has 0 saturated carbocycles. The zero-order valence-electron chi connectivity index (χ0n) is 18.3. The predicted octanol–water partition coefficient (Wildman–Crippen LogP) is 1.75. The molecule has 1 aromatic carbocycles. The van der Waals surface area contributed by atoms with Gasteiger partial charge in [-0.25, -0.2) is 4.79 Å². The van der Waals surface area contributed by atoms with E-state index in [-0.39, 0.29) is 30.9 Å². The molecule has 31 heavy (non-hydrogen) atoms. The number of hydrogen-bond donors (Lipinski definition) is 1. The van der Waals surface area contributed by atoms with Gasteiger partial charge in [0.05, 0.1) is 18.8 Å². The molecular formula is C22H30N4O5. The summed E-state index contributed by atoms with van der Waals surface area (Å²) in [5, 5.41) is 2.35. The summed E-state index contributed by atoms with van der Waals surface area (Å²) in [6, 6.07) is 5.58. The summed E-state index contributed by atoms with van der Waals surface area (Å²) in [5.41, 5.74) is 1.23. The van der Waals surface area contributed by atoms with Crippen molar-refractivity contribution < 1.29 is 23.9 Å². The van der Waals surface area contributed by atoms with Gasteiger partial charge < -0.3 is 14.4 Å². The molecule has 3 aliphatic rings. The van der Waals surface area contributed by atoms with E-state index < -0.39 is 11.6 Å². The average molecular weight is 431 g/mol. The van der Waals surface area contributed by atoms with Gasteiger partial charge in [-0.2, -0.15) is 0 Å². The second-order valence-electron chi connectivity index (χ2n) is 9.21. The van der Waals surface area contributed by atoms with Crippen molar-refractivity contribution in [3.05, 3.63) is 18.2 Å². The van der Waals surface area contributed by atoms with Crippen LogP contribution in [0.1, 0.15) is 33.6 Å². The summed E-state index contributed by atoms with van der Waals surface area (Å²) in [5.74, 6) is 0.291. The van der Waals surface area contributed by atoms with Crippen molar-refractivity contribution in [1.82, 2.24) is 10.2 Å². The third-order valence-electron chi connectivity index (χ3n) is 5.67. The van der Waals surface area contributed by atoms with Crippen molar-refractivity contribution in [2.24, 2.45) is 0 Å². The second-order valence-corrected chi connectivity index (χ2v) is 9.21. The first-order valence-corrected chi connectivity index (χ1v) is 10.8. The number of anilines is 2. The molecule has 1 atom stereocenters. The Morgan fingerprint density at radius 1 is 1.23 bits per heavy atom. The Hall–Kier alpha value is -2.81. The molecule has 1 unspecified atom stereocenters. The molecule has 2 saturated heterocycles. The van der Waals surface area contributed by atoms with E-state index in [0.717, 1.165) is 37.5 Å². The summed E-state index contributed by atoms with van der Waals surface area (Å²) in [4.78, 5) is 41.9. The Balaban J connectivity index is 1.45. The maximum atomic E-state index is 12.2. The zero-order valence-corrected chi connectivity index (χ0v) is 18.3. The molecule has 3 aliphatic heterocycles. The topological polar surface area (TPSA) is 91.4 Å². The third kappa shape index (κ3) is 4.92. The highest BCUT2D eigenvalue weighted by molar-refractivity contribution is 6.05. The first-order chi connectivity index (χ1) is 14.7. The Labute approximate surface area is 182 Å². The number of piperazine rings is 1. The van der Waals surface area contributed by atoms with Crippen molar-refractivity contribution in [2.75, 3.05) is 49.1 Å². The van der Waals surface area contributed by atoms with Gasteiger partial charge in [0.15, 0.2) is 0 Å². The highest BCUT2D eigenvalue weighted by Gasteiger charge is 2.33. The lowest BCUT2D eigenvalue weighted by atomic mass is 10.1. The number of urea groups is 1. The van der Waals surface area contributed by atoms with Crippen LogP contribution >= 0.6 is 0 Å². The van der Waals surface area contributed by atoms with E-state index in [9.17, 15) is 14.4 Å². The lowest BCUT2D eigenvalue weighted by molar-refractivity contribution is -0.156. The number of rotatable bonds is 3. The first kappa shape index (κ1) is 21.4. The van der Waals surface area contributed by atoms with Crippen molar-refractivity contribution in [1.29, 1.82) is 0 Å². The number of amides is 3. The van der Waals surface area contributed by atoms with Gasteiger partial charge in [0.2, 0.25) is 5.91 Å². The van der Waals surface area contributed by atoms with E-state index in [4.69, 9.17) is 9.47 Å². The molecule has 0 radical (unpaired) electrons. The van der Waals surface area contributed by atoms with Crippen LogP contribution in [0.2, 0.25) is 0 Å². The fourth-order valence-electron chi connectivity index (χ4n) is 4.32. The van der Waals surface area contributed by atoms with Gasteiger partial charge >= 0.3 is 12.0 Å². The summed E-state index contributed by atoms with van der Waals surface area (Å²) in [6.45, 7) is 9.14. The van der Waals surface area contributed by atoms with E-state index in [2.05, 4.69) is 15.1 Å². The molecule has 0 bridgehead atoms. The van der Waals surface area contributed by atoms with Gasteiger partial charge in [-0.05, 0) is 32.9 Å². The molecule has 168 valence electrons. The van der Waals surface area contributed by atoms with Crippen LogP contribution in [0.3, 0.4) is 0 Å². The van der Waals surface area contributed by atoms with E-state index in [1.165, 1.54) is 0 Å². The van der Waals surface area contributed by atoms with Gasteiger partial charge in [-0.3, -0.25) is 24.7 Å². The summed E-state index contributed by atoms with van der Waals surface area (Å²) >= 11 is 0. The molecule has 0 aromatic heterocycles. The van der Waals surface area contributed by atoms with Crippen LogP contribution in [0.25, 0.3) is 0 Å². The largest absolute Gasteiger partial charge is 0.491 e. The number of hydrogen-bond acceptors (Lipinski definition) is 7. The van der Waals surface area contributed by atoms with Crippen molar-refractivity contribution in [3.63, 3.8) is 0 Å². The number of fused-ring (bicyclic) bond motifs is 3. The second kappa shape index (κ2) is 8.37. The predicted molar refractivity (Wildman–Crippen MR) is 115 cm³/mol. The monoisotopic (exact) mass is 430 g/mol. The van der Waals surface area contributed by atoms with Crippen LogP contribution in [0, 0.1) is 0 Å². The van der Waals surface area contributed by atoms with Gasteiger partial charge in [-0.15, -0.1) is 0 Å². The Bertz CT molecular complexity index is 881. The minimum atomic E-state index is -0.482. The molecule has 9 nitrogen and oxygen atoms in total. The van der Waals surface area contributed by atoms with E-state index >= 15 is 0 Å². The number of imide groups is 1. The molecule has 1 N–H and O–H groups in total. The smallest absolute Gasteiger partial charge is 0.328 e. The Morgan fingerprint density at radius 3 is 2.77 bits per heavy atom. The van der Waals surface area contributed by atoms with Gasteiger partial charge in [0.1, 0.15) is 11.4 Å². The molecule has 9 heteroatoms. The highest BCUT2D eigenvalue weighted by atomic mass is 16.6. The maximum absolute atomic E-state index is 12.2. The summed E-state index contributed by atoms with van der Waals surface area (Å²) in [6.07, 6.45) is 1.12. The zero-order chi connectivity index (χ0) is 22.2. The Morgan fingerprint density at radius 2 is 2.03 bits per heavy atom. The number of carbonyl (C=O) groups excluding carboxylic acids is 3. The molecule has 1 aromatic rings. The number of ether oxygens (including phenoxy) is 2. The average Bonchev–Trinajstić information content (AvgIpc) is 2.84. The van der Waals surface area contributed by atoms with Crippen molar-refractivity contribution in [3.8, 4) is 5.75 Å². The van der Waals surface area contributed by atoms with Crippen LogP contribution in [0.5, 0.6) is 5.75 Å². The molecule has 0 aliphatic carbocycles. The van der Waals surface area contributed by atoms with Crippen molar-refractivity contribution in [2.45, 2.75) is 45.3 Å². The number of esters is 1. The summed E-state index contributed by atoms with van der Waals surface area (Å²) < 4.78 is 11.5. The van der Waals surface area contributed by atoms with E-state index in [0.29, 0.717) is 18.8 Å². The number of carbonyl (C=O) groups is 3. The van der Waals surface area contributed by atoms with Crippen molar-refractivity contribution >= 4 is 29.3 Å². The molecule has 3 amide bonds. The number of nitrogens with one attached hydrogen (secondary N) is 1. The SMILES string of the molecule is CC(C)(C)OC(=O)CN1CCN2c3ccc(N4CCC(=O)NC4=O)cc3OCCC2C1. The van der Waals surface area contributed by atoms with E-state index in [1.54, 1.807) is 4.90 Å². The van der Waals surface area contributed by atoms with Gasteiger partial charge in [0, 0.05) is 56.8 Å². The minimum Gasteiger partial charge on any atom is -0.491 e. The van der Waals surface area contributed by atoms with Crippen LogP contribution in [-0.4, -0.2) is 73.8 Å². The van der Waals surface area contributed by atoms with Gasteiger partial charge in [-0.1, -0.05) is 0 Å². The number of nitrogens with zero attached hydrogens (tertiary/aromatic N) is 3. The highest BCUT2D eigenvalue weighted by Crippen LogP contribution is 2.38. The molecule has 2 fully saturated rings. The van der Waals surface area contributed by atoms with E-state index in [1.807, 2.05) is 39.0 Å². The van der Waals surface area contributed by atoms with Crippen LogP contribution in [0.15, 0.2) is 18.2 Å². The molecule has 0 spiro atoms. The fourth-order valence-corrected chi connectivity index (χ4v) is 4.32. The minimum absolute atomic E-state index is 0.200. The molecule has 3 heterocycles. The quantitative estimate of drug-likeness (QED) is 0.731. The summed E-state index contributed by atoms with van der Waals surface area (Å²) in [7, 11) is 0. The normalized spacial score (nSPS) is 22.1.